The summed E-state index contributed by atoms with van der Waals surface area (Å²) in [5.41, 5.74) is -0.854. The van der Waals surface area contributed by atoms with Gasteiger partial charge in [0.2, 0.25) is 41.2 Å². The van der Waals surface area contributed by atoms with E-state index in [1.807, 2.05) is 0 Å². The summed E-state index contributed by atoms with van der Waals surface area (Å²) in [5.74, 6) is -8.71. The summed E-state index contributed by atoms with van der Waals surface area (Å²) in [7, 11) is 0. The van der Waals surface area contributed by atoms with E-state index in [2.05, 4.69) is 36.0 Å². The minimum atomic E-state index is -1.67. The Hall–Kier alpha value is -9.35. The maximum atomic E-state index is 13.6. The number of ether oxygens (including phenoxy) is 5. The summed E-state index contributed by atoms with van der Waals surface area (Å²) in [6, 6.07) is 17.4. The number of nitrogens with one attached hydrogen (secondary N) is 2. The number of amides is 2. The van der Waals surface area contributed by atoms with Gasteiger partial charge in [0.25, 0.3) is 0 Å². The third-order valence-electron chi connectivity index (χ3n) is 9.94. The van der Waals surface area contributed by atoms with E-state index in [0.29, 0.717) is 27.8 Å². The Kier molecular flexibility index (Phi) is 29.0. The van der Waals surface area contributed by atoms with E-state index in [0.717, 1.165) is 42.0 Å². The van der Waals surface area contributed by atoms with Crippen molar-refractivity contribution in [2.24, 2.45) is 0 Å². The average molecular weight is 1230 g/mol. The Balaban J connectivity index is 0.000000342. The molecule has 2 aliphatic rings. The number of halogens is 7. The highest BCUT2D eigenvalue weighted by Gasteiger charge is 2.35. The largest absolute Gasteiger partial charge is 0.466 e. The van der Waals surface area contributed by atoms with Crippen LogP contribution in [0.2, 0.25) is 0 Å². The highest BCUT2D eigenvalue weighted by atomic mass is 79.9. The van der Waals surface area contributed by atoms with E-state index in [4.69, 9.17) is 14.2 Å². The number of nitro groups is 3. The first-order valence-corrected chi connectivity index (χ1v) is 24.6. The Morgan fingerprint density at radius 3 is 1.45 bits per heavy atom. The van der Waals surface area contributed by atoms with Gasteiger partial charge in [0.05, 0.1) is 69.9 Å². The number of carbonyl (C=O) groups is 7. The van der Waals surface area contributed by atoms with Gasteiger partial charge in [-0.1, -0.05) is 60.1 Å². The van der Waals surface area contributed by atoms with Crippen molar-refractivity contribution < 1.29 is 98.4 Å². The highest BCUT2D eigenvalue weighted by Crippen LogP contribution is 2.32. The summed E-state index contributed by atoms with van der Waals surface area (Å²) < 4.78 is 101. The fourth-order valence-corrected chi connectivity index (χ4v) is 6.91. The van der Waals surface area contributed by atoms with Crippen molar-refractivity contribution in [3.05, 3.63) is 177 Å². The summed E-state index contributed by atoms with van der Waals surface area (Å²) in [5, 5.41) is 36.4. The molecule has 2 amide bonds. The lowest BCUT2D eigenvalue weighted by Crippen LogP contribution is -2.23. The molecule has 0 radical (unpaired) electrons. The van der Waals surface area contributed by atoms with Crippen LogP contribution in [0.15, 0.2) is 89.4 Å². The number of nitrogens with zero attached hydrogens (tertiary/aromatic N) is 3. The number of anilines is 2. The van der Waals surface area contributed by atoms with Crippen LogP contribution in [0, 0.1) is 65.2 Å². The SMILES string of the molecule is CCC(=O)OCc1cccc(F)c1[N+](=O)[O-].CCOC(=O)C(OC(=O)CC)c1cccc(F)c1[N+](=O)[O-].CCOC(=O)CC(=O)OCC.O=C1Cc2cc(Br)cc(F)c2N1.O=C1Cc2cccc(F)c2N1.O=[N+]([O-])c1c(F)cccc1F. The lowest BCUT2D eigenvalue weighted by molar-refractivity contribution is -0.390. The fourth-order valence-electron chi connectivity index (χ4n) is 6.43. The number of hydrogen-bond donors (Lipinski definition) is 2. The number of benzene rings is 5. The molecule has 2 N–H and O–H groups in total. The Morgan fingerprint density at radius 2 is 0.976 bits per heavy atom. The molecule has 0 fully saturated rings. The van der Waals surface area contributed by atoms with Gasteiger partial charge in [-0.25, -0.2) is 13.6 Å². The standard InChI is InChI=1S/C13H14FNO6.C10H10FNO4.C8H5BrFNO.C8H6FNO.C7H12O4.C6H3F2NO2/c1-3-10(16)21-12(13(17)20-4-2)8-6-5-7-9(14)11(8)15(18)19;1-2-9(13)16-6-7-4-3-5-8(11)10(7)12(14)15;9-5-1-4-2-7(12)11-8(4)6(10)3-5;9-6-3-1-2-5-4-7(11)10-8(5)6;1-3-10-6(8)5-7(9)11-4-2;7-4-2-1-3-5(8)6(4)9(10)11/h5-7,12H,3-4H2,1-2H3;3-5H,2,6H2,1H3;1,3H,2H2,(H,11,12);1-3H,4H2,(H,10,11);3-5H2,1-2H3;1-3H. The normalized spacial score (nSPS) is 11.4. The van der Waals surface area contributed by atoms with Gasteiger partial charge in [-0.2, -0.15) is 17.6 Å². The predicted octanol–water partition coefficient (Wildman–Crippen LogP) is 10.3. The summed E-state index contributed by atoms with van der Waals surface area (Å²) >= 11 is 3.16. The number of nitro benzene ring substituents is 3. The lowest BCUT2D eigenvalue weighted by Gasteiger charge is -2.16. The Bertz CT molecular complexity index is 3120. The average Bonchev–Trinajstić information content (AvgIpc) is 4.00. The van der Waals surface area contributed by atoms with Crippen molar-refractivity contribution in [3.63, 3.8) is 0 Å². The number of para-hydroxylation sites is 4. The zero-order valence-corrected chi connectivity index (χ0v) is 45.4. The molecule has 0 spiro atoms. The fraction of sp³-hybridized carbons (Fsp3) is 0.288. The van der Waals surface area contributed by atoms with Crippen LogP contribution >= 0.6 is 15.9 Å². The minimum absolute atomic E-state index is 0.0118. The van der Waals surface area contributed by atoms with Crippen molar-refractivity contribution in [1.29, 1.82) is 0 Å². The third-order valence-corrected chi connectivity index (χ3v) is 10.4. The van der Waals surface area contributed by atoms with Crippen molar-refractivity contribution in [2.45, 2.75) is 79.4 Å². The van der Waals surface area contributed by atoms with Gasteiger partial charge in [-0.3, -0.25) is 59.1 Å². The van der Waals surface area contributed by atoms with Crippen LogP contribution in [0.1, 0.15) is 82.2 Å². The van der Waals surface area contributed by atoms with Gasteiger partial charge in [0.1, 0.15) is 24.7 Å². The lowest BCUT2D eigenvalue weighted by atomic mass is 10.1. The van der Waals surface area contributed by atoms with Crippen LogP contribution in [0.5, 0.6) is 0 Å². The molecule has 2 heterocycles. The predicted molar refractivity (Wildman–Crippen MR) is 278 cm³/mol. The monoisotopic (exact) mass is 1230 g/mol. The molecule has 0 saturated heterocycles. The van der Waals surface area contributed by atoms with Gasteiger partial charge in [0, 0.05) is 17.3 Å². The van der Waals surface area contributed by atoms with Gasteiger partial charge < -0.3 is 34.3 Å². The molecule has 2 aliphatic heterocycles. The second-order valence-electron chi connectivity index (χ2n) is 15.7. The maximum absolute atomic E-state index is 13.6. The zero-order chi connectivity index (χ0) is 61.8. The van der Waals surface area contributed by atoms with Gasteiger partial charge >= 0.3 is 46.9 Å². The van der Waals surface area contributed by atoms with Crippen LogP contribution in [0.25, 0.3) is 0 Å². The van der Waals surface area contributed by atoms with E-state index in [1.54, 1.807) is 39.0 Å². The molecule has 1 atom stereocenters. The van der Waals surface area contributed by atoms with E-state index in [1.165, 1.54) is 44.2 Å². The quantitative estimate of drug-likeness (QED) is 0.0246. The molecular weight excluding hydrogens is 1180 g/mol. The number of fused-ring (bicyclic) bond motifs is 2. The molecule has 23 nitrogen and oxygen atoms in total. The van der Waals surface area contributed by atoms with Crippen molar-refractivity contribution >= 4 is 86.0 Å². The highest BCUT2D eigenvalue weighted by molar-refractivity contribution is 9.10. The number of carbonyl (C=O) groups excluding carboxylic acids is 7. The van der Waals surface area contributed by atoms with Crippen molar-refractivity contribution in [1.82, 2.24) is 0 Å². The van der Waals surface area contributed by atoms with E-state index in [-0.39, 0.29) is 86.7 Å². The third kappa shape index (κ3) is 22.1. The topological polar surface area (TPSA) is 319 Å². The molecule has 0 aliphatic carbocycles. The minimum Gasteiger partial charge on any atom is -0.466 e. The molecular formula is C52H50BrF6N5O18. The molecule has 0 saturated carbocycles. The molecule has 7 rings (SSSR count). The van der Waals surface area contributed by atoms with Crippen LogP contribution in [0.3, 0.4) is 0 Å². The molecule has 5 aromatic rings. The summed E-state index contributed by atoms with van der Waals surface area (Å²) in [6.45, 7) is 8.26. The van der Waals surface area contributed by atoms with E-state index < -0.39 is 91.1 Å². The second kappa shape index (κ2) is 34.6. The first-order valence-electron chi connectivity index (χ1n) is 23.9. The Morgan fingerprint density at radius 1 is 0.537 bits per heavy atom. The molecule has 1 unspecified atom stereocenters. The smallest absolute Gasteiger partial charge is 0.352 e. The summed E-state index contributed by atoms with van der Waals surface area (Å²) in [6.07, 6.45) is -1.27. The van der Waals surface area contributed by atoms with Gasteiger partial charge in [-0.15, -0.1) is 0 Å². The first kappa shape index (κ1) is 68.8. The number of hydrogen-bond acceptors (Lipinski definition) is 18. The van der Waals surface area contributed by atoms with Crippen LogP contribution in [-0.4, -0.2) is 76.3 Å². The number of rotatable bonds is 15. The van der Waals surface area contributed by atoms with Gasteiger partial charge in [0.15, 0.2) is 0 Å². The molecule has 5 aromatic carbocycles. The molecule has 82 heavy (non-hydrogen) atoms. The Labute approximate surface area is 469 Å². The van der Waals surface area contributed by atoms with E-state index in [9.17, 15) is 90.2 Å². The first-order chi connectivity index (χ1) is 38.7. The molecule has 30 heteroatoms. The molecule has 0 aromatic heterocycles. The van der Waals surface area contributed by atoms with Crippen LogP contribution in [-0.2, 0) is 76.7 Å². The maximum Gasteiger partial charge on any atom is 0.352 e. The summed E-state index contributed by atoms with van der Waals surface area (Å²) in [4.78, 5) is 106. The van der Waals surface area contributed by atoms with Crippen molar-refractivity contribution in [2.75, 3.05) is 30.5 Å². The van der Waals surface area contributed by atoms with Crippen LogP contribution < -0.4 is 10.6 Å². The molecule has 0 bridgehead atoms. The van der Waals surface area contributed by atoms with Crippen LogP contribution in [0.4, 0.5) is 54.8 Å². The zero-order valence-electron chi connectivity index (χ0n) is 43.9. The van der Waals surface area contributed by atoms with Gasteiger partial charge in [-0.05, 0) is 86.5 Å². The van der Waals surface area contributed by atoms with Crippen molar-refractivity contribution in [3.8, 4) is 0 Å². The second-order valence-corrected chi connectivity index (χ2v) is 16.6. The molecule has 440 valence electrons. The van der Waals surface area contributed by atoms with E-state index >= 15 is 0 Å². The number of esters is 5.